The zero-order chi connectivity index (χ0) is 13.1. The molecule has 3 rings (SSSR count). The highest BCUT2D eigenvalue weighted by molar-refractivity contribution is 5.79. The van der Waals surface area contributed by atoms with Crippen LogP contribution in [0.2, 0.25) is 0 Å². The number of anilines is 1. The van der Waals surface area contributed by atoms with Crippen LogP contribution >= 0.6 is 0 Å². The molecule has 1 N–H and O–H groups in total. The molecule has 0 bridgehead atoms. The zero-order valence-electron chi connectivity index (χ0n) is 10.8. The van der Waals surface area contributed by atoms with Gasteiger partial charge in [-0.25, -0.2) is 0 Å². The van der Waals surface area contributed by atoms with Gasteiger partial charge in [0, 0.05) is 30.0 Å². The van der Waals surface area contributed by atoms with Gasteiger partial charge in [-0.05, 0) is 42.8 Å². The Bertz CT molecular complexity index is 693. The highest BCUT2D eigenvalue weighted by atomic mass is 14.9. The number of hydrogen-bond acceptors (Lipinski definition) is 3. The molecule has 0 unspecified atom stereocenters. The molecule has 3 heteroatoms. The first kappa shape index (κ1) is 11.7. The minimum Gasteiger partial charge on any atom is -0.380 e. The van der Waals surface area contributed by atoms with E-state index in [0.717, 1.165) is 23.4 Å². The third-order valence-corrected chi connectivity index (χ3v) is 3.05. The number of rotatable bonds is 3. The van der Waals surface area contributed by atoms with Gasteiger partial charge < -0.3 is 5.32 Å². The van der Waals surface area contributed by atoms with Crippen molar-refractivity contribution in [3.8, 4) is 0 Å². The molecule has 0 saturated heterocycles. The van der Waals surface area contributed by atoms with Crippen LogP contribution in [-0.2, 0) is 6.54 Å². The van der Waals surface area contributed by atoms with Crippen molar-refractivity contribution in [2.24, 2.45) is 0 Å². The fraction of sp³-hybridized carbons (Fsp3) is 0.125. The molecule has 94 valence electrons. The average Bonchev–Trinajstić information content (AvgIpc) is 2.46. The molecular weight excluding hydrogens is 234 g/mol. The molecule has 0 fully saturated rings. The Hall–Kier alpha value is -2.42. The largest absolute Gasteiger partial charge is 0.380 e. The summed E-state index contributed by atoms with van der Waals surface area (Å²) in [6, 6.07) is 14.5. The summed E-state index contributed by atoms with van der Waals surface area (Å²) in [5, 5.41) is 4.53. The van der Waals surface area contributed by atoms with E-state index in [1.807, 2.05) is 31.3 Å². The van der Waals surface area contributed by atoms with Crippen LogP contribution in [0.3, 0.4) is 0 Å². The Kier molecular flexibility index (Phi) is 3.11. The molecule has 2 heterocycles. The Morgan fingerprint density at radius 3 is 2.89 bits per heavy atom. The van der Waals surface area contributed by atoms with Gasteiger partial charge in [0.05, 0.1) is 11.2 Å². The predicted octanol–water partition coefficient (Wildman–Crippen LogP) is 3.55. The summed E-state index contributed by atoms with van der Waals surface area (Å²) < 4.78 is 0. The van der Waals surface area contributed by atoms with Gasteiger partial charge in [0.25, 0.3) is 0 Å². The lowest BCUT2D eigenvalue weighted by molar-refractivity contribution is 1.14. The second-order valence-corrected chi connectivity index (χ2v) is 4.57. The maximum absolute atomic E-state index is 4.50. The number of aryl methyl sites for hydroxylation is 1. The van der Waals surface area contributed by atoms with Crippen LogP contribution in [-0.4, -0.2) is 9.97 Å². The molecule has 3 nitrogen and oxygen atoms in total. The maximum atomic E-state index is 4.50. The molecule has 0 saturated carbocycles. The standard InChI is InChI=1S/C16H15N3/c1-12-4-6-14-9-13(5-7-16(14)19-12)10-18-15-3-2-8-17-11-15/h2-9,11,18H,10H2,1H3. The van der Waals surface area contributed by atoms with Crippen LogP contribution in [0.4, 0.5) is 5.69 Å². The van der Waals surface area contributed by atoms with Crippen molar-refractivity contribution < 1.29 is 0 Å². The van der Waals surface area contributed by atoms with Gasteiger partial charge >= 0.3 is 0 Å². The molecule has 2 aromatic heterocycles. The summed E-state index contributed by atoms with van der Waals surface area (Å²) in [6.07, 6.45) is 3.60. The third kappa shape index (κ3) is 2.71. The molecule has 0 aliphatic heterocycles. The van der Waals surface area contributed by atoms with Crippen molar-refractivity contribution in [1.29, 1.82) is 0 Å². The van der Waals surface area contributed by atoms with Crippen molar-refractivity contribution in [2.45, 2.75) is 13.5 Å². The lowest BCUT2D eigenvalue weighted by Crippen LogP contribution is -1.99. The van der Waals surface area contributed by atoms with E-state index in [0.29, 0.717) is 0 Å². The SMILES string of the molecule is Cc1ccc2cc(CNc3cccnc3)ccc2n1. The van der Waals surface area contributed by atoms with E-state index in [4.69, 9.17) is 0 Å². The summed E-state index contributed by atoms with van der Waals surface area (Å²) in [5.74, 6) is 0. The number of fused-ring (bicyclic) bond motifs is 1. The van der Waals surface area contributed by atoms with Gasteiger partial charge in [0.1, 0.15) is 0 Å². The molecule has 19 heavy (non-hydrogen) atoms. The number of hydrogen-bond donors (Lipinski definition) is 1. The van der Waals surface area contributed by atoms with Gasteiger partial charge in [-0.2, -0.15) is 0 Å². The van der Waals surface area contributed by atoms with E-state index in [9.17, 15) is 0 Å². The van der Waals surface area contributed by atoms with E-state index < -0.39 is 0 Å². The molecule has 0 spiro atoms. The Balaban J connectivity index is 1.80. The lowest BCUT2D eigenvalue weighted by Gasteiger charge is -2.07. The Labute approximate surface area is 112 Å². The average molecular weight is 249 g/mol. The highest BCUT2D eigenvalue weighted by Crippen LogP contribution is 2.16. The molecule has 3 aromatic rings. The van der Waals surface area contributed by atoms with Crippen molar-refractivity contribution >= 4 is 16.6 Å². The van der Waals surface area contributed by atoms with Gasteiger partial charge in [-0.1, -0.05) is 12.1 Å². The first-order valence-corrected chi connectivity index (χ1v) is 6.31. The van der Waals surface area contributed by atoms with Crippen LogP contribution < -0.4 is 5.32 Å². The van der Waals surface area contributed by atoms with Gasteiger partial charge in [0.15, 0.2) is 0 Å². The topological polar surface area (TPSA) is 37.8 Å². The summed E-state index contributed by atoms with van der Waals surface area (Å²) in [6.45, 7) is 2.80. The number of pyridine rings is 2. The number of benzene rings is 1. The van der Waals surface area contributed by atoms with Crippen molar-refractivity contribution in [1.82, 2.24) is 9.97 Å². The summed E-state index contributed by atoms with van der Waals surface area (Å²) in [5.41, 5.74) is 4.37. The molecule has 0 amide bonds. The first-order chi connectivity index (χ1) is 9.31. The monoisotopic (exact) mass is 249 g/mol. The maximum Gasteiger partial charge on any atom is 0.0705 e. The van der Waals surface area contributed by atoms with Crippen LogP contribution in [0.25, 0.3) is 10.9 Å². The molecule has 0 radical (unpaired) electrons. The van der Waals surface area contributed by atoms with Crippen LogP contribution in [0.5, 0.6) is 0 Å². The van der Waals surface area contributed by atoms with Gasteiger partial charge in [-0.15, -0.1) is 0 Å². The molecule has 0 aliphatic carbocycles. The molecule has 0 atom stereocenters. The Morgan fingerprint density at radius 1 is 1.11 bits per heavy atom. The number of nitrogens with one attached hydrogen (secondary N) is 1. The highest BCUT2D eigenvalue weighted by Gasteiger charge is 1.98. The van der Waals surface area contributed by atoms with Crippen molar-refractivity contribution in [2.75, 3.05) is 5.32 Å². The van der Waals surface area contributed by atoms with Gasteiger partial charge in [-0.3, -0.25) is 9.97 Å². The predicted molar refractivity (Wildman–Crippen MR) is 78.0 cm³/mol. The minimum absolute atomic E-state index is 0.787. The second-order valence-electron chi connectivity index (χ2n) is 4.57. The smallest absolute Gasteiger partial charge is 0.0705 e. The lowest BCUT2D eigenvalue weighted by atomic mass is 10.1. The first-order valence-electron chi connectivity index (χ1n) is 6.31. The normalized spacial score (nSPS) is 10.6. The molecule has 1 aromatic carbocycles. The third-order valence-electron chi connectivity index (χ3n) is 3.05. The Morgan fingerprint density at radius 2 is 2.05 bits per heavy atom. The molecule has 0 aliphatic rings. The van der Waals surface area contributed by atoms with Crippen LogP contribution in [0, 0.1) is 6.92 Å². The van der Waals surface area contributed by atoms with E-state index in [-0.39, 0.29) is 0 Å². The van der Waals surface area contributed by atoms with E-state index >= 15 is 0 Å². The summed E-state index contributed by atoms with van der Waals surface area (Å²) in [4.78, 5) is 8.59. The van der Waals surface area contributed by atoms with Gasteiger partial charge in [0.2, 0.25) is 0 Å². The fourth-order valence-electron chi connectivity index (χ4n) is 2.06. The summed E-state index contributed by atoms with van der Waals surface area (Å²) in [7, 11) is 0. The van der Waals surface area contributed by atoms with Crippen LogP contribution in [0.1, 0.15) is 11.3 Å². The molecular formula is C16H15N3. The van der Waals surface area contributed by atoms with E-state index in [2.05, 4.69) is 39.6 Å². The summed E-state index contributed by atoms with van der Waals surface area (Å²) >= 11 is 0. The second kappa shape index (κ2) is 5.06. The quantitative estimate of drug-likeness (QED) is 0.771. The number of nitrogens with zero attached hydrogens (tertiary/aromatic N) is 2. The van der Waals surface area contributed by atoms with Crippen LogP contribution in [0.15, 0.2) is 54.9 Å². The van der Waals surface area contributed by atoms with Crippen molar-refractivity contribution in [3.63, 3.8) is 0 Å². The van der Waals surface area contributed by atoms with E-state index in [1.165, 1.54) is 10.9 Å². The number of aromatic nitrogens is 2. The fourth-order valence-corrected chi connectivity index (χ4v) is 2.06. The van der Waals surface area contributed by atoms with Crippen molar-refractivity contribution in [3.05, 3.63) is 66.1 Å². The zero-order valence-corrected chi connectivity index (χ0v) is 10.8. The van der Waals surface area contributed by atoms with E-state index in [1.54, 1.807) is 6.20 Å². The minimum atomic E-state index is 0.787.